The maximum Gasteiger partial charge on any atom is 0.323 e. The Hall–Kier alpha value is -0.650. The maximum atomic E-state index is 10.9. The summed E-state index contributed by atoms with van der Waals surface area (Å²) in [5.41, 5.74) is 0. The van der Waals surface area contributed by atoms with Crippen LogP contribution in [-0.4, -0.2) is 50.1 Å². The Morgan fingerprint density at radius 2 is 2.27 bits per heavy atom. The number of hydrogen-bond donors (Lipinski definition) is 2. The molecule has 15 heavy (non-hydrogen) atoms. The van der Waals surface area contributed by atoms with Gasteiger partial charge in [-0.3, -0.25) is 10.1 Å². The molecule has 3 atom stereocenters. The first-order valence-corrected chi connectivity index (χ1v) is 5.18. The van der Waals surface area contributed by atoms with Gasteiger partial charge in [-0.2, -0.15) is 0 Å². The SMILES string of the molecule is COCC(NC1CCC(OC)C1)C(=O)O. The summed E-state index contributed by atoms with van der Waals surface area (Å²) in [4.78, 5) is 10.9. The van der Waals surface area contributed by atoms with Crippen LogP contribution in [0.15, 0.2) is 0 Å². The fraction of sp³-hybridized carbons (Fsp3) is 0.900. The maximum absolute atomic E-state index is 10.9. The molecule has 1 aliphatic carbocycles. The van der Waals surface area contributed by atoms with E-state index >= 15 is 0 Å². The second kappa shape index (κ2) is 6.05. The quantitative estimate of drug-likeness (QED) is 0.667. The number of nitrogens with one attached hydrogen (secondary N) is 1. The van der Waals surface area contributed by atoms with Crippen molar-refractivity contribution in [2.45, 2.75) is 37.5 Å². The minimum absolute atomic E-state index is 0.198. The van der Waals surface area contributed by atoms with E-state index in [0.717, 1.165) is 19.3 Å². The van der Waals surface area contributed by atoms with Gasteiger partial charge in [0, 0.05) is 20.3 Å². The summed E-state index contributed by atoms with van der Waals surface area (Å²) in [5.74, 6) is -0.863. The average molecular weight is 217 g/mol. The van der Waals surface area contributed by atoms with Crippen LogP contribution in [0.1, 0.15) is 19.3 Å². The fourth-order valence-electron chi connectivity index (χ4n) is 1.95. The fourth-order valence-corrected chi connectivity index (χ4v) is 1.95. The normalized spacial score (nSPS) is 27.9. The second-order valence-corrected chi connectivity index (χ2v) is 3.88. The summed E-state index contributed by atoms with van der Waals surface area (Å²) in [6.07, 6.45) is 3.10. The van der Waals surface area contributed by atoms with Crippen LogP contribution < -0.4 is 5.32 Å². The number of aliphatic carboxylic acids is 1. The van der Waals surface area contributed by atoms with Gasteiger partial charge in [-0.1, -0.05) is 0 Å². The first kappa shape index (κ1) is 12.4. The first-order chi connectivity index (χ1) is 7.17. The van der Waals surface area contributed by atoms with Crippen molar-refractivity contribution >= 4 is 5.97 Å². The van der Waals surface area contributed by atoms with E-state index in [2.05, 4.69) is 5.32 Å². The zero-order chi connectivity index (χ0) is 11.3. The Labute approximate surface area is 89.8 Å². The summed E-state index contributed by atoms with van der Waals surface area (Å²) in [6, 6.07) is -0.387. The first-order valence-electron chi connectivity index (χ1n) is 5.18. The molecule has 0 aromatic carbocycles. The highest BCUT2D eigenvalue weighted by molar-refractivity contribution is 5.73. The van der Waals surface area contributed by atoms with Crippen LogP contribution in [0.4, 0.5) is 0 Å². The van der Waals surface area contributed by atoms with Crippen LogP contribution in [0.2, 0.25) is 0 Å². The van der Waals surface area contributed by atoms with Crippen LogP contribution in [-0.2, 0) is 14.3 Å². The predicted molar refractivity (Wildman–Crippen MR) is 54.9 cm³/mol. The van der Waals surface area contributed by atoms with Gasteiger partial charge in [0.1, 0.15) is 6.04 Å². The van der Waals surface area contributed by atoms with Crippen LogP contribution in [0.25, 0.3) is 0 Å². The van der Waals surface area contributed by atoms with E-state index in [-0.39, 0.29) is 18.8 Å². The number of carbonyl (C=O) groups is 1. The molecule has 1 aliphatic rings. The van der Waals surface area contributed by atoms with Crippen molar-refractivity contribution in [1.82, 2.24) is 5.32 Å². The lowest BCUT2D eigenvalue weighted by Crippen LogP contribution is -2.45. The monoisotopic (exact) mass is 217 g/mol. The number of ether oxygens (including phenoxy) is 2. The van der Waals surface area contributed by atoms with E-state index < -0.39 is 12.0 Å². The number of rotatable bonds is 6. The molecule has 2 N–H and O–H groups in total. The molecule has 0 aromatic heterocycles. The molecule has 1 saturated carbocycles. The van der Waals surface area contributed by atoms with E-state index in [9.17, 15) is 4.79 Å². The van der Waals surface area contributed by atoms with E-state index in [1.807, 2.05) is 0 Å². The Balaban J connectivity index is 2.35. The molecule has 88 valence electrons. The van der Waals surface area contributed by atoms with Gasteiger partial charge >= 0.3 is 5.97 Å². The molecule has 0 radical (unpaired) electrons. The van der Waals surface area contributed by atoms with Crippen molar-refractivity contribution in [2.75, 3.05) is 20.8 Å². The number of methoxy groups -OCH3 is 2. The van der Waals surface area contributed by atoms with Crippen LogP contribution in [0.5, 0.6) is 0 Å². The van der Waals surface area contributed by atoms with Crippen molar-refractivity contribution in [2.24, 2.45) is 0 Å². The lowest BCUT2D eigenvalue weighted by Gasteiger charge is -2.18. The molecule has 1 rings (SSSR count). The van der Waals surface area contributed by atoms with Crippen LogP contribution >= 0.6 is 0 Å². The van der Waals surface area contributed by atoms with E-state index in [1.54, 1.807) is 7.11 Å². The third kappa shape index (κ3) is 3.77. The molecular formula is C10H19NO4. The summed E-state index contributed by atoms with van der Waals surface area (Å²) >= 11 is 0. The predicted octanol–water partition coefficient (Wildman–Crippen LogP) is 0.243. The Bertz CT molecular complexity index is 210. The number of carboxylic acids is 1. The van der Waals surface area contributed by atoms with Crippen LogP contribution in [0, 0.1) is 0 Å². The highest BCUT2D eigenvalue weighted by atomic mass is 16.5. The summed E-state index contributed by atoms with van der Waals surface area (Å²) in [7, 11) is 3.20. The molecule has 5 heteroatoms. The minimum atomic E-state index is -0.863. The molecule has 3 unspecified atom stereocenters. The zero-order valence-corrected chi connectivity index (χ0v) is 9.23. The zero-order valence-electron chi connectivity index (χ0n) is 9.23. The topological polar surface area (TPSA) is 67.8 Å². The van der Waals surface area contributed by atoms with Gasteiger partial charge in [-0.15, -0.1) is 0 Å². The van der Waals surface area contributed by atoms with Gasteiger partial charge in [0.2, 0.25) is 0 Å². The van der Waals surface area contributed by atoms with Crippen molar-refractivity contribution < 1.29 is 19.4 Å². The van der Waals surface area contributed by atoms with E-state index in [0.29, 0.717) is 0 Å². The van der Waals surface area contributed by atoms with Crippen molar-refractivity contribution in [3.05, 3.63) is 0 Å². The molecule has 0 spiro atoms. The lowest BCUT2D eigenvalue weighted by molar-refractivity contribution is -0.141. The second-order valence-electron chi connectivity index (χ2n) is 3.88. The van der Waals surface area contributed by atoms with Gasteiger partial charge in [-0.05, 0) is 19.3 Å². The Morgan fingerprint density at radius 3 is 2.73 bits per heavy atom. The van der Waals surface area contributed by atoms with Gasteiger partial charge in [0.05, 0.1) is 12.7 Å². The standard InChI is InChI=1S/C10H19NO4/c1-14-6-9(10(12)13)11-7-3-4-8(5-7)15-2/h7-9,11H,3-6H2,1-2H3,(H,12,13). The van der Waals surface area contributed by atoms with Crippen LogP contribution in [0.3, 0.4) is 0 Å². The summed E-state index contributed by atoms with van der Waals surface area (Å²) in [6.45, 7) is 0.198. The largest absolute Gasteiger partial charge is 0.480 e. The summed E-state index contributed by atoms with van der Waals surface area (Å²) in [5, 5.41) is 12.0. The van der Waals surface area contributed by atoms with Gasteiger partial charge < -0.3 is 14.6 Å². The lowest BCUT2D eigenvalue weighted by atomic mass is 10.2. The molecule has 0 amide bonds. The van der Waals surface area contributed by atoms with E-state index in [1.165, 1.54) is 7.11 Å². The molecule has 0 saturated heterocycles. The third-order valence-electron chi connectivity index (χ3n) is 2.79. The van der Waals surface area contributed by atoms with Gasteiger partial charge in [0.15, 0.2) is 0 Å². The Morgan fingerprint density at radius 1 is 1.53 bits per heavy atom. The van der Waals surface area contributed by atoms with Crippen molar-refractivity contribution in [3.8, 4) is 0 Å². The molecule has 0 bridgehead atoms. The highest BCUT2D eigenvalue weighted by Gasteiger charge is 2.28. The third-order valence-corrected chi connectivity index (χ3v) is 2.79. The van der Waals surface area contributed by atoms with E-state index in [4.69, 9.17) is 14.6 Å². The number of hydrogen-bond acceptors (Lipinski definition) is 4. The smallest absolute Gasteiger partial charge is 0.323 e. The molecule has 0 aromatic rings. The molecule has 1 fully saturated rings. The molecule has 0 aliphatic heterocycles. The Kier molecular flexibility index (Phi) is 5.01. The molecular weight excluding hydrogens is 198 g/mol. The average Bonchev–Trinajstić information content (AvgIpc) is 2.65. The molecule has 0 heterocycles. The summed E-state index contributed by atoms with van der Waals surface area (Å²) < 4.78 is 10.1. The number of carboxylic acid groups (broad SMARTS) is 1. The van der Waals surface area contributed by atoms with Gasteiger partial charge in [-0.25, -0.2) is 0 Å². The van der Waals surface area contributed by atoms with Crippen molar-refractivity contribution in [3.63, 3.8) is 0 Å². The molecule has 5 nitrogen and oxygen atoms in total. The van der Waals surface area contributed by atoms with Gasteiger partial charge in [0.25, 0.3) is 0 Å². The minimum Gasteiger partial charge on any atom is -0.480 e. The van der Waals surface area contributed by atoms with Crippen molar-refractivity contribution in [1.29, 1.82) is 0 Å². The highest BCUT2D eigenvalue weighted by Crippen LogP contribution is 2.21.